The SMILES string of the molecule is CC(C(C)(C)c1ccc(N)cc1)S(C)(=O)=O. The summed E-state index contributed by atoms with van der Waals surface area (Å²) in [5.41, 5.74) is 6.87. The minimum Gasteiger partial charge on any atom is -0.399 e. The number of nitrogen functional groups attached to an aromatic ring is 1. The van der Waals surface area contributed by atoms with E-state index in [0.29, 0.717) is 5.69 Å². The van der Waals surface area contributed by atoms with Crippen LogP contribution < -0.4 is 5.73 Å². The van der Waals surface area contributed by atoms with Gasteiger partial charge in [-0.25, -0.2) is 8.42 Å². The van der Waals surface area contributed by atoms with Crippen molar-refractivity contribution >= 4 is 15.5 Å². The number of nitrogens with two attached hydrogens (primary N) is 1. The van der Waals surface area contributed by atoms with Crippen molar-refractivity contribution in [3.8, 4) is 0 Å². The fourth-order valence-electron chi connectivity index (χ4n) is 1.68. The quantitative estimate of drug-likeness (QED) is 0.823. The fraction of sp³-hybridized carbons (Fsp3) is 0.500. The highest BCUT2D eigenvalue weighted by Gasteiger charge is 2.34. The lowest BCUT2D eigenvalue weighted by atomic mass is 9.82. The summed E-state index contributed by atoms with van der Waals surface area (Å²) in [6, 6.07) is 7.37. The summed E-state index contributed by atoms with van der Waals surface area (Å²) < 4.78 is 23.2. The molecule has 0 bridgehead atoms. The Labute approximate surface area is 97.6 Å². The maximum atomic E-state index is 11.6. The van der Waals surface area contributed by atoms with Crippen LogP contribution in [-0.4, -0.2) is 19.9 Å². The van der Waals surface area contributed by atoms with Crippen molar-refractivity contribution in [2.75, 3.05) is 12.0 Å². The standard InChI is InChI=1S/C12H19NO2S/c1-9(16(4,14)15)12(2,3)10-5-7-11(13)8-6-10/h5-9H,13H2,1-4H3. The number of rotatable bonds is 3. The maximum Gasteiger partial charge on any atom is 0.150 e. The predicted octanol–water partition coefficient (Wildman–Crippen LogP) is 1.98. The van der Waals surface area contributed by atoms with Crippen molar-refractivity contribution in [2.24, 2.45) is 0 Å². The molecule has 1 aromatic carbocycles. The van der Waals surface area contributed by atoms with Crippen molar-refractivity contribution in [1.29, 1.82) is 0 Å². The van der Waals surface area contributed by atoms with E-state index >= 15 is 0 Å². The summed E-state index contributed by atoms with van der Waals surface area (Å²) in [7, 11) is -3.05. The zero-order valence-corrected chi connectivity index (χ0v) is 11.0. The summed E-state index contributed by atoms with van der Waals surface area (Å²) in [5.74, 6) is 0. The van der Waals surface area contributed by atoms with Crippen molar-refractivity contribution in [3.05, 3.63) is 29.8 Å². The highest BCUT2D eigenvalue weighted by atomic mass is 32.2. The van der Waals surface area contributed by atoms with Crippen molar-refractivity contribution in [2.45, 2.75) is 31.4 Å². The van der Waals surface area contributed by atoms with Crippen LogP contribution in [0.1, 0.15) is 26.3 Å². The van der Waals surface area contributed by atoms with Crippen LogP contribution in [0, 0.1) is 0 Å². The van der Waals surface area contributed by atoms with E-state index < -0.39 is 20.5 Å². The lowest BCUT2D eigenvalue weighted by molar-refractivity contribution is 0.486. The molecule has 1 rings (SSSR count). The van der Waals surface area contributed by atoms with Crippen LogP contribution in [0.5, 0.6) is 0 Å². The molecule has 0 amide bonds. The van der Waals surface area contributed by atoms with Gasteiger partial charge in [-0.3, -0.25) is 0 Å². The maximum absolute atomic E-state index is 11.6. The molecule has 0 saturated heterocycles. The number of benzene rings is 1. The first kappa shape index (κ1) is 13.0. The molecule has 90 valence electrons. The van der Waals surface area contributed by atoms with E-state index in [2.05, 4.69) is 0 Å². The first-order valence-corrected chi connectivity index (χ1v) is 7.16. The first-order chi connectivity index (χ1) is 7.15. The Bertz CT molecular complexity index is 460. The van der Waals surface area contributed by atoms with Crippen LogP contribution >= 0.6 is 0 Å². The van der Waals surface area contributed by atoms with Crippen LogP contribution in [0.25, 0.3) is 0 Å². The topological polar surface area (TPSA) is 60.2 Å². The lowest BCUT2D eigenvalue weighted by Gasteiger charge is -2.31. The average molecular weight is 241 g/mol. The normalized spacial score (nSPS) is 14.8. The minimum atomic E-state index is -3.05. The Balaban J connectivity index is 3.16. The van der Waals surface area contributed by atoms with Gasteiger partial charge in [-0.15, -0.1) is 0 Å². The Kier molecular flexibility index (Phi) is 3.33. The van der Waals surface area contributed by atoms with Crippen LogP contribution in [0.15, 0.2) is 24.3 Å². The number of sulfone groups is 1. The Morgan fingerprint density at radius 3 is 2.00 bits per heavy atom. The molecule has 1 unspecified atom stereocenters. The van der Waals surface area contributed by atoms with Gasteiger partial charge in [-0.05, 0) is 24.6 Å². The molecule has 1 atom stereocenters. The number of hydrogen-bond donors (Lipinski definition) is 1. The van der Waals surface area contributed by atoms with Gasteiger partial charge in [0.1, 0.15) is 0 Å². The lowest BCUT2D eigenvalue weighted by Crippen LogP contribution is -2.37. The van der Waals surface area contributed by atoms with Gasteiger partial charge in [0.25, 0.3) is 0 Å². The summed E-state index contributed by atoms with van der Waals surface area (Å²) in [6.07, 6.45) is 1.27. The largest absolute Gasteiger partial charge is 0.399 e. The zero-order valence-electron chi connectivity index (χ0n) is 10.2. The van der Waals surface area contributed by atoms with E-state index in [1.165, 1.54) is 6.26 Å². The van der Waals surface area contributed by atoms with Gasteiger partial charge in [-0.2, -0.15) is 0 Å². The van der Waals surface area contributed by atoms with Crippen LogP contribution in [0.2, 0.25) is 0 Å². The van der Waals surface area contributed by atoms with Gasteiger partial charge in [-0.1, -0.05) is 26.0 Å². The number of hydrogen-bond acceptors (Lipinski definition) is 3. The van der Waals surface area contributed by atoms with E-state index in [4.69, 9.17) is 5.73 Å². The molecule has 3 nitrogen and oxygen atoms in total. The Morgan fingerprint density at radius 1 is 1.19 bits per heavy atom. The minimum absolute atomic E-state index is 0.415. The summed E-state index contributed by atoms with van der Waals surface area (Å²) >= 11 is 0. The molecule has 0 saturated carbocycles. The van der Waals surface area contributed by atoms with Gasteiger partial charge < -0.3 is 5.73 Å². The molecule has 1 aromatic rings. The molecule has 4 heteroatoms. The van der Waals surface area contributed by atoms with Crippen LogP contribution in [-0.2, 0) is 15.3 Å². The molecule has 0 fully saturated rings. The molecule has 0 aliphatic carbocycles. The first-order valence-electron chi connectivity index (χ1n) is 5.20. The molecular formula is C12H19NO2S. The third-order valence-electron chi connectivity index (χ3n) is 3.31. The molecule has 0 radical (unpaired) electrons. The molecule has 0 aliphatic heterocycles. The summed E-state index contributed by atoms with van der Waals surface area (Å²) in [4.78, 5) is 0. The monoisotopic (exact) mass is 241 g/mol. The molecule has 0 aliphatic rings. The van der Waals surface area contributed by atoms with Gasteiger partial charge in [0.2, 0.25) is 0 Å². The third-order valence-corrected chi connectivity index (χ3v) is 5.19. The molecular weight excluding hydrogens is 222 g/mol. The second-order valence-corrected chi connectivity index (χ2v) is 7.18. The van der Waals surface area contributed by atoms with Crippen molar-refractivity contribution in [1.82, 2.24) is 0 Å². The molecule has 16 heavy (non-hydrogen) atoms. The zero-order chi connectivity index (χ0) is 12.6. The average Bonchev–Trinajstić information content (AvgIpc) is 2.16. The molecule has 0 heterocycles. The van der Waals surface area contributed by atoms with Crippen molar-refractivity contribution < 1.29 is 8.42 Å². The summed E-state index contributed by atoms with van der Waals surface area (Å²) in [5, 5.41) is -0.427. The summed E-state index contributed by atoms with van der Waals surface area (Å²) in [6.45, 7) is 5.61. The van der Waals surface area contributed by atoms with Gasteiger partial charge in [0.05, 0.1) is 5.25 Å². The van der Waals surface area contributed by atoms with E-state index in [9.17, 15) is 8.42 Å². The van der Waals surface area contributed by atoms with E-state index in [-0.39, 0.29) is 0 Å². The fourth-order valence-corrected chi connectivity index (χ4v) is 2.89. The van der Waals surface area contributed by atoms with Gasteiger partial charge in [0.15, 0.2) is 9.84 Å². The number of anilines is 1. The van der Waals surface area contributed by atoms with E-state index in [1.54, 1.807) is 19.1 Å². The van der Waals surface area contributed by atoms with Crippen molar-refractivity contribution in [3.63, 3.8) is 0 Å². The molecule has 0 aromatic heterocycles. The van der Waals surface area contributed by atoms with Gasteiger partial charge in [0, 0.05) is 17.4 Å². The van der Waals surface area contributed by atoms with E-state index in [0.717, 1.165) is 5.56 Å². The smallest absolute Gasteiger partial charge is 0.150 e. The highest BCUT2D eigenvalue weighted by molar-refractivity contribution is 7.91. The Morgan fingerprint density at radius 2 is 1.62 bits per heavy atom. The third kappa shape index (κ3) is 2.55. The van der Waals surface area contributed by atoms with Crippen LogP contribution in [0.3, 0.4) is 0 Å². The highest BCUT2D eigenvalue weighted by Crippen LogP contribution is 2.31. The molecule has 0 spiro atoms. The van der Waals surface area contributed by atoms with E-state index in [1.807, 2.05) is 26.0 Å². The predicted molar refractivity (Wildman–Crippen MR) is 68.2 cm³/mol. The molecule has 2 N–H and O–H groups in total. The second kappa shape index (κ2) is 4.09. The second-order valence-electron chi connectivity index (χ2n) is 4.82. The van der Waals surface area contributed by atoms with Crippen LogP contribution in [0.4, 0.5) is 5.69 Å². The van der Waals surface area contributed by atoms with Gasteiger partial charge >= 0.3 is 0 Å². The Hall–Kier alpha value is -1.03.